The lowest BCUT2D eigenvalue weighted by molar-refractivity contribution is 0.749. The van der Waals surface area contributed by atoms with E-state index in [2.05, 4.69) is 19.9 Å². The molecule has 0 aromatic heterocycles. The van der Waals surface area contributed by atoms with Crippen LogP contribution >= 0.6 is 11.8 Å². The maximum atomic E-state index is 8.38. The molecule has 0 N–H and O–H groups in total. The van der Waals surface area contributed by atoms with Crippen LogP contribution in [0, 0.1) is 17.2 Å². The molecule has 0 aromatic rings. The third-order valence-corrected chi connectivity index (χ3v) is 2.33. The summed E-state index contributed by atoms with van der Waals surface area (Å²) in [4.78, 5) is 0. The first-order valence-electron chi connectivity index (χ1n) is 3.18. The van der Waals surface area contributed by atoms with Gasteiger partial charge in [0.25, 0.3) is 0 Å². The summed E-state index contributed by atoms with van der Waals surface area (Å²) in [7, 11) is 0. The minimum atomic E-state index is 0.160. The molecule has 1 nitrogen and oxygen atoms in total. The molecule has 0 aliphatic heterocycles. The summed E-state index contributed by atoms with van der Waals surface area (Å²) in [6.45, 7) is 6.27. The van der Waals surface area contributed by atoms with Crippen LogP contribution in [0.2, 0.25) is 0 Å². The van der Waals surface area contributed by atoms with Gasteiger partial charge in [0.05, 0.1) is 11.3 Å². The average Bonchev–Trinajstić information content (AvgIpc) is 1.83. The standard InChI is InChI=1S/C7H13NS/c1-6(2)5-9-7(3)4-8/h6-7H,5H2,1-3H3. The second-order valence-electron chi connectivity index (χ2n) is 2.50. The lowest BCUT2D eigenvalue weighted by Gasteiger charge is -2.03. The first-order chi connectivity index (χ1) is 4.16. The van der Waals surface area contributed by atoms with Crippen LogP contribution in [0.5, 0.6) is 0 Å². The number of nitriles is 1. The highest BCUT2D eigenvalue weighted by Gasteiger charge is 2.00. The minimum absolute atomic E-state index is 0.160. The molecule has 0 aliphatic carbocycles. The van der Waals surface area contributed by atoms with Crippen molar-refractivity contribution in [3.8, 4) is 6.07 Å². The predicted molar refractivity (Wildman–Crippen MR) is 42.4 cm³/mol. The van der Waals surface area contributed by atoms with E-state index in [1.54, 1.807) is 11.8 Å². The summed E-state index contributed by atoms with van der Waals surface area (Å²) in [5.41, 5.74) is 0. The second-order valence-corrected chi connectivity index (χ2v) is 3.87. The van der Waals surface area contributed by atoms with Crippen LogP contribution in [0.1, 0.15) is 20.8 Å². The Hall–Kier alpha value is -0.160. The zero-order chi connectivity index (χ0) is 7.28. The molecular formula is C7H13NS. The average molecular weight is 143 g/mol. The molecule has 0 bridgehead atoms. The van der Waals surface area contributed by atoms with Crippen LogP contribution in [-0.2, 0) is 0 Å². The Balaban J connectivity index is 3.19. The lowest BCUT2D eigenvalue weighted by Crippen LogP contribution is -1.97. The normalized spacial score (nSPS) is 13.2. The Labute approximate surface area is 61.4 Å². The van der Waals surface area contributed by atoms with E-state index in [0.717, 1.165) is 5.75 Å². The fraction of sp³-hybridized carbons (Fsp3) is 0.857. The van der Waals surface area contributed by atoms with E-state index in [0.29, 0.717) is 5.92 Å². The molecule has 0 saturated carbocycles. The van der Waals surface area contributed by atoms with E-state index < -0.39 is 0 Å². The third kappa shape index (κ3) is 5.72. The van der Waals surface area contributed by atoms with Gasteiger partial charge in [-0.3, -0.25) is 0 Å². The van der Waals surface area contributed by atoms with Crippen molar-refractivity contribution < 1.29 is 0 Å². The summed E-state index contributed by atoms with van der Waals surface area (Å²) >= 11 is 1.72. The summed E-state index contributed by atoms with van der Waals surface area (Å²) in [5, 5.41) is 8.54. The van der Waals surface area contributed by atoms with Crippen molar-refractivity contribution in [2.24, 2.45) is 5.92 Å². The molecule has 0 radical (unpaired) electrons. The molecule has 0 heterocycles. The molecule has 0 amide bonds. The van der Waals surface area contributed by atoms with E-state index in [1.165, 1.54) is 0 Å². The summed E-state index contributed by atoms with van der Waals surface area (Å²) in [6.07, 6.45) is 0. The number of nitrogens with zero attached hydrogens (tertiary/aromatic N) is 1. The molecule has 0 fully saturated rings. The van der Waals surface area contributed by atoms with Crippen LogP contribution in [0.3, 0.4) is 0 Å². The Kier molecular flexibility index (Phi) is 4.61. The van der Waals surface area contributed by atoms with E-state index in [9.17, 15) is 0 Å². The van der Waals surface area contributed by atoms with Crippen LogP contribution < -0.4 is 0 Å². The maximum absolute atomic E-state index is 8.38. The minimum Gasteiger partial charge on any atom is -0.197 e. The van der Waals surface area contributed by atoms with Gasteiger partial charge in [-0.2, -0.15) is 5.26 Å². The molecule has 0 saturated heterocycles. The first kappa shape index (κ1) is 8.84. The van der Waals surface area contributed by atoms with Gasteiger partial charge in [0.1, 0.15) is 0 Å². The highest BCUT2D eigenvalue weighted by Crippen LogP contribution is 2.12. The van der Waals surface area contributed by atoms with Crippen molar-refractivity contribution in [3.05, 3.63) is 0 Å². The first-order valence-corrected chi connectivity index (χ1v) is 4.23. The van der Waals surface area contributed by atoms with Gasteiger partial charge in [0, 0.05) is 0 Å². The molecule has 0 rings (SSSR count). The van der Waals surface area contributed by atoms with Crippen molar-refractivity contribution >= 4 is 11.8 Å². The third-order valence-electron chi connectivity index (χ3n) is 0.861. The number of hydrogen-bond donors (Lipinski definition) is 0. The van der Waals surface area contributed by atoms with Crippen molar-refractivity contribution in [2.45, 2.75) is 26.0 Å². The number of rotatable bonds is 3. The zero-order valence-electron chi connectivity index (χ0n) is 6.22. The Morgan fingerprint density at radius 2 is 2.00 bits per heavy atom. The number of hydrogen-bond acceptors (Lipinski definition) is 2. The zero-order valence-corrected chi connectivity index (χ0v) is 7.03. The van der Waals surface area contributed by atoms with E-state index in [-0.39, 0.29) is 5.25 Å². The van der Waals surface area contributed by atoms with Crippen LogP contribution in [-0.4, -0.2) is 11.0 Å². The van der Waals surface area contributed by atoms with Crippen molar-refractivity contribution in [2.75, 3.05) is 5.75 Å². The highest BCUT2D eigenvalue weighted by atomic mass is 32.2. The van der Waals surface area contributed by atoms with Crippen LogP contribution in [0.15, 0.2) is 0 Å². The summed E-state index contributed by atoms with van der Waals surface area (Å²) < 4.78 is 0. The monoisotopic (exact) mass is 143 g/mol. The van der Waals surface area contributed by atoms with E-state index in [1.807, 2.05) is 6.92 Å². The van der Waals surface area contributed by atoms with Crippen molar-refractivity contribution in [3.63, 3.8) is 0 Å². The van der Waals surface area contributed by atoms with Crippen molar-refractivity contribution in [1.82, 2.24) is 0 Å². The Bertz CT molecular complexity index is 104. The molecule has 0 spiro atoms. The largest absolute Gasteiger partial charge is 0.197 e. The van der Waals surface area contributed by atoms with E-state index >= 15 is 0 Å². The molecular weight excluding hydrogens is 130 g/mol. The summed E-state index contributed by atoms with van der Waals surface area (Å²) in [5.74, 6) is 1.79. The molecule has 1 atom stereocenters. The van der Waals surface area contributed by atoms with Gasteiger partial charge in [0.2, 0.25) is 0 Å². The molecule has 1 unspecified atom stereocenters. The Morgan fingerprint density at radius 1 is 1.44 bits per heavy atom. The SMILES string of the molecule is CC(C)CSC(C)C#N. The molecule has 2 heteroatoms. The molecule has 9 heavy (non-hydrogen) atoms. The highest BCUT2D eigenvalue weighted by molar-refractivity contribution is 8.00. The second kappa shape index (κ2) is 4.69. The van der Waals surface area contributed by atoms with E-state index in [4.69, 9.17) is 5.26 Å². The van der Waals surface area contributed by atoms with Gasteiger partial charge in [-0.1, -0.05) is 13.8 Å². The summed E-state index contributed by atoms with van der Waals surface area (Å²) in [6, 6.07) is 2.18. The van der Waals surface area contributed by atoms with Crippen LogP contribution in [0.4, 0.5) is 0 Å². The van der Waals surface area contributed by atoms with Gasteiger partial charge >= 0.3 is 0 Å². The van der Waals surface area contributed by atoms with Gasteiger partial charge in [-0.25, -0.2) is 0 Å². The number of thioether (sulfide) groups is 1. The van der Waals surface area contributed by atoms with Crippen LogP contribution in [0.25, 0.3) is 0 Å². The fourth-order valence-electron chi connectivity index (χ4n) is 0.374. The van der Waals surface area contributed by atoms with Crippen molar-refractivity contribution in [1.29, 1.82) is 5.26 Å². The molecule has 0 aliphatic rings. The smallest absolute Gasteiger partial charge is 0.0888 e. The van der Waals surface area contributed by atoms with Gasteiger partial charge < -0.3 is 0 Å². The maximum Gasteiger partial charge on any atom is 0.0888 e. The van der Waals surface area contributed by atoms with Gasteiger partial charge in [0.15, 0.2) is 0 Å². The molecule has 0 aromatic carbocycles. The predicted octanol–water partition coefficient (Wildman–Crippen LogP) is 2.29. The Morgan fingerprint density at radius 3 is 2.33 bits per heavy atom. The van der Waals surface area contributed by atoms with Gasteiger partial charge in [-0.15, -0.1) is 11.8 Å². The fourth-order valence-corrected chi connectivity index (χ4v) is 1.12. The lowest BCUT2D eigenvalue weighted by atomic mass is 10.3. The van der Waals surface area contributed by atoms with Gasteiger partial charge in [-0.05, 0) is 18.6 Å². The topological polar surface area (TPSA) is 23.8 Å². The molecule has 52 valence electrons. The quantitative estimate of drug-likeness (QED) is 0.605.